The number of hydrogen-bond acceptors (Lipinski definition) is 18. The Morgan fingerprint density at radius 2 is 0.932 bits per heavy atom. The fourth-order valence-electron chi connectivity index (χ4n) is 5.61. The highest BCUT2D eigenvalue weighted by atomic mass is 32.2. The topological polar surface area (TPSA) is 299 Å². The van der Waals surface area contributed by atoms with Crippen LogP contribution in [-0.2, 0) is 0 Å². The first kappa shape index (κ1) is 39.0. The van der Waals surface area contributed by atoms with Crippen LogP contribution in [0, 0.1) is 0 Å². The first-order valence-electron chi connectivity index (χ1n) is 17.5. The van der Waals surface area contributed by atoms with E-state index in [1.807, 2.05) is 36.6 Å². The van der Waals surface area contributed by atoms with Crippen molar-refractivity contribution in [2.75, 3.05) is 40.7 Å². The third kappa shape index (κ3) is 8.92. The van der Waals surface area contributed by atoms with Crippen LogP contribution in [0.5, 0.6) is 0 Å². The Labute approximate surface area is 341 Å². The predicted molar refractivity (Wildman–Crippen MR) is 229 cm³/mol. The molecule has 17 nitrogen and oxygen atoms in total. The lowest BCUT2D eigenvalue weighted by Gasteiger charge is -2.10. The third-order valence-electron chi connectivity index (χ3n) is 8.45. The molecular formula is C41H36N14O3S. The van der Waals surface area contributed by atoms with Crippen molar-refractivity contribution in [3.8, 4) is 68.0 Å². The van der Waals surface area contributed by atoms with Gasteiger partial charge in [-0.3, -0.25) is 4.98 Å². The average Bonchev–Trinajstić information content (AvgIpc) is 4.10. The van der Waals surface area contributed by atoms with Crippen molar-refractivity contribution in [3.63, 3.8) is 0 Å². The maximum absolute atomic E-state index is 5.88. The largest absolute Gasteiger partial charge is 0.463 e. The van der Waals surface area contributed by atoms with Crippen LogP contribution in [-0.4, -0.2) is 46.1 Å². The second kappa shape index (κ2) is 17.7. The van der Waals surface area contributed by atoms with Gasteiger partial charge in [0.05, 0.1) is 47.2 Å². The summed E-state index contributed by atoms with van der Waals surface area (Å²) in [5, 5.41) is 0.674. The molecule has 0 spiro atoms. The van der Waals surface area contributed by atoms with E-state index in [-0.39, 0.29) is 11.6 Å². The molecule has 0 radical (unpaired) electrons. The zero-order valence-corrected chi connectivity index (χ0v) is 32.1. The summed E-state index contributed by atoms with van der Waals surface area (Å²) in [6, 6.07) is 23.5. The SMILES string of the molecule is CSc1nccc(-c2cc(N)c(N)nc2-c2ccco2)n1.Nc1cc(-c2ccncc2)c(-c2ccco2)nc1N.Nc1cc(-c2ccncn2)c(-c2ccco2)nc1N. The summed E-state index contributed by atoms with van der Waals surface area (Å²) in [6.45, 7) is 0. The first-order valence-corrected chi connectivity index (χ1v) is 18.8. The fourth-order valence-corrected chi connectivity index (χ4v) is 5.97. The van der Waals surface area contributed by atoms with Gasteiger partial charge >= 0.3 is 0 Å². The Balaban J connectivity index is 0.000000134. The number of hydrogen-bond donors (Lipinski definition) is 6. The molecule has 9 heterocycles. The molecule has 18 heteroatoms. The van der Waals surface area contributed by atoms with Crippen LogP contribution in [0.2, 0.25) is 0 Å². The number of furan rings is 3. The van der Waals surface area contributed by atoms with Gasteiger partial charge in [0.2, 0.25) is 0 Å². The Morgan fingerprint density at radius 1 is 0.475 bits per heavy atom. The van der Waals surface area contributed by atoms with Gasteiger partial charge < -0.3 is 47.7 Å². The summed E-state index contributed by atoms with van der Waals surface area (Å²) in [4.78, 5) is 33.7. The summed E-state index contributed by atoms with van der Waals surface area (Å²) in [5.41, 5.74) is 42.8. The van der Waals surface area contributed by atoms with Gasteiger partial charge in [-0.1, -0.05) is 11.8 Å². The molecule has 0 atom stereocenters. The second-order valence-corrected chi connectivity index (χ2v) is 13.0. The van der Waals surface area contributed by atoms with Gasteiger partial charge in [-0.25, -0.2) is 34.9 Å². The minimum absolute atomic E-state index is 0.268. The molecule has 0 bridgehead atoms. The molecule has 9 aromatic rings. The van der Waals surface area contributed by atoms with Gasteiger partial charge in [0.1, 0.15) is 40.9 Å². The van der Waals surface area contributed by atoms with Crippen molar-refractivity contribution in [1.29, 1.82) is 0 Å². The second-order valence-electron chi connectivity index (χ2n) is 12.3. The lowest BCUT2D eigenvalue weighted by molar-refractivity contribution is 0.580. The monoisotopic (exact) mass is 804 g/mol. The molecule has 0 aliphatic heterocycles. The average molecular weight is 805 g/mol. The van der Waals surface area contributed by atoms with Crippen LogP contribution in [0.3, 0.4) is 0 Å². The molecule has 0 saturated carbocycles. The van der Waals surface area contributed by atoms with E-state index in [2.05, 4.69) is 39.9 Å². The Hall–Kier alpha value is -8.25. The minimum Gasteiger partial charge on any atom is -0.463 e. The summed E-state index contributed by atoms with van der Waals surface area (Å²) in [7, 11) is 0. The molecule has 12 N–H and O–H groups in total. The maximum Gasteiger partial charge on any atom is 0.187 e. The molecule has 9 rings (SSSR count). The van der Waals surface area contributed by atoms with Crippen molar-refractivity contribution >= 4 is 46.3 Å². The molecule has 0 amide bonds. The van der Waals surface area contributed by atoms with Crippen LogP contribution in [0.25, 0.3) is 68.0 Å². The predicted octanol–water partition coefficient (Wildman–Crippen LogP) is 7.22. The number of rotatable bonds is 7. The summed E-state index contributed by atoms with van der Waals surface area (Å²) < 4.78 is 16.2. The lowest BCUT2D eigenvalue weighted by Crippen LogP contribution is -2.02. The number of pyridine rings is 4. The van der Waals surface area contributed by atoms with Gasteiger partial charge in [-0.15, -0.1) is 0 Å². The van der Waals surface area contributed by atoms with E-state index in [0.717, 1.165) is 27.9 Å². The molecule has 0 unspecified atom stereocenters. The third-order valence-corrected chi connectivity index (χ3v) is 9.02. The highest BCUT2D eigenvalue weighted by Crippen LogP contribution is 2.36. The van der Waals surface area contributed by atoms with Crippen molar-refractivity contribution < 1.29 is 13.3 Å². The Bertz CT molecular complexity index is 2640. The van der Waals surface area contributed by atoms with E-state index in [9.17, 15) is 0 Å². The zero-order chi connectivity index (χ0) is 41.3. The van der Waals surface area contributed by atoms with Gasteiger partial charge in [-0.2, -0.15) is 0 Å². The van der Waals surface area contributed by atoms with E-state index < -0.39 is 0 Å². The highest BCUT2D eigenvalue weighted by molar-refractivity contribution is 7.98. The quantitative estimate of drug-likeness (QED) is 0.0684. The number of anilines is 6. The van der Waals surface area contributed by atoms with Crippen LogP contribution in [0.1, 0.15) is 0 Å². The van der Waals surface area contributed by atoms with Gasteiger partial charge in [0, 0.05) is 41.5 Å². The first-order chi connectivity index (χ1) is 28.7. The molecule has 0 fully saturated rings. The van der Waals surface area contributed by atoms with Crippen LogP contribution >= 0.6 is 11.8 Å². The molecular weight excluding hydrogens is 769 g/mol. The van der Waals surface area contributed by atoms with Crippen LogP contribution < -0.4 is 34.4 Å². The zero-order valence-electron chi connectivity index (χ0n) is 31.3. The fraction of sp³-hybridized carbons (Fsp3) is 0.0244. The van der Waals surface area contributed by atoms with E-state index in [1.54, 1.807) is 92.1 Å². The molecule has 0 aliphatic rings. The standard InChI is InChI=1S/C14H13N5OS.C14H12N4O.C13H11N5O/c1-21-14-17-5-4-10(18-14)8-7-9(15)13(16)19-12(8)11-3-2-6-20-11;15-11-8-10(9-3-5-17-6-4-9)13(18-14(11)16)12-2-1-7-19-12;14-9-6-8(10-3-4-16-7-17-10)12(18-13(9)15)11-2-1-5-19-11/h2-7H,15H2,1H3,(H2,16,19);1-8H,15H2,(H2,16,18);1-7H,14H2,(H2,15,18). The molecule has 0 aliphatic carbocycles. The molecule has 9 aromatic heterocycles. The number of nitrogen functional groups attached to an aromatic ring is 6. The Kier molecular flexibility index (Phi) is 11.7. The molecule has 0 aromatic carbocycles. The van der Waals surface area contributed by atoms with Crippen molar-refractivity contribution in [3.05, 3.63) is 129 Å². The normalized spacial score (nSPS) is 10.6. The summed E-state index contributed by atoms with van der Waals surface area (Å²) >= 11 is 1.47. The number of nitrogens with two attached hydrogens (primary N) is 6. The molecule has 59 heavy (non-hydrogen) atoms. The summed E-state index contributed by atoms with van der Waals surface area (Å²) in [6.07, 6.45) is 14.9. The summed E-state index contributed by atoms with van der Waals surface area (Å²) in [5.74, 6) is 2.71. The number of aromatic nitrogens is 8. The minimum atomic E-state index is 0.268. The maximum atomic E-state index is 5.88. The van der Waals surface area contributed by atoms with Gasteiger partial charge in [-0.05, 0) is 90.7 Å². The van der Waals surface area contributed by atoms with E-state index in [0.29, 0.717) is 68.1 Å². The van der Waals surface area contributed by atoms with Crippen LogP contribution in [0.4, 0.5) is 34.5 Å². The highest BCUT2D eigenvalue weighted by Gasteiger charge is 2.18. The smallest absolute Gasteiger partial charge is 0.187 e. The van der Waals surface area contributed by atoms with E-state index in [4.69, 9.17) is 47.7 Å². The van der Waals surface area contributed by atoms with E-state index >= 15 is 0 Å². The van der Waals surface area contributed by atoms with Crippen molar-refractivity contribution in [2.45, 2.75) is 5.16 Å². The number of thioether (sulfide) groups is 1. The van der Waals surface area contributed by atoms with Gasteiger partial charge in [0.15, 0.2) is 22.4 Å². The number of nitrogens with zero attached hydrogens (tertiary/aromatic N) is 8. The van der Waals surface area contributed by atoms with Crippen molar-refractivity contribution in [1.82, 2.24) is 39.9 Å². The molecule has 0 saturated heterocycles. The lowest BCUT2D eigenvalue weighted by atomic mass is 10.0. The van der Waals surface area contributed by atoms with Crippen LogP contribution in [0.15, 0.2) is 147 Å². The van der Waals surface area contributed by atoms with E-state index in [1.165, 1.54) is 18.1 Å². The molecule has 294 valence electrons. The van der Waals surface area contributed by atoms with Gasteiger partial charge in [0.25, 0.3) is 0 Å². The Morgan fingerprint density at radius 3 is 1.39 bits per heavy atom. The van der Waals surface area contributed by atoms with Crippen molar-refractivity contribution in [2.24, 2.45) is 0 Å².